The lowest BCUT2D eigenvalue weighted by atomic mass is 10.1. The molecule has 3 rings (SSSR count). The van der Waals surface area contributed by atoms with Crippen LogP contribution in [-0.2, 0) is 11.3 Å². The van der Waals surface area contributed by atoms with Crippen LogP contribution in [0.4, 0.5) is 5.69 Å². The molecule has 0 radical (unpaired) electrons. The van der Waals surface area contributed by atoms with Gasteiger partial charge in [-0.05, 0) is 61.6 Å². The van der Waals surface area contributed by atoms with Crippen molar-refractivity contribution in [3.8, 4) is 5.75 Å². The fraction of sp³-hybridized carbons (Fsp3) is 0.480. The molecule has 6 nitrogen and oxygen atoms in total. The fourth-order valence-corrected chi connectivity index (χ4v) is 3.74. The molecule has 31 heavy (non-hydrogen) atoms. The number of ether oxygens (including phenoxy) is 2. The van der Waals surface area contributed by atoms with E-state index in [1.807, 2.05) is 31.3 Å². The molecule has 6 heteroatoms. The average Bonchev–Trinajstić information content (AvgIpc) is 3.36. The van der Waals surface area contributed by atoms with Crippen molar-refractivity contribution in [1.82, 2.24) is 10.6 Å². The van der Waals surface area contributed by atoms with Gasteiger partial charge in [0.1, 0.15) is 5.75 Å². The second-order valence-electron chi connectivity index (χ2n) is 7.91. The summed E-state index contributed by atoms with van der Waals surface area (Å²) in [7, 11) is 3.48. The van der Waals surface area contributed by atoms with Gasteiger partial charge in [-0.3, -0.25) is 4.99 Å². The maximum absolute atomic E-state index is 5.78. The molecule has 0 saturated carbocycles. The number of anilines is 1. The Bertz CT molecular complexity index is 817. The first-order valence-electron chi connectivity index (χ1n) is 11.2. The summed E-state index contributed by atoms with van der Waals surface area (Å²) in [4.78, 5) is 6.83. The molecule has 2 aromatic carbocycles. The first kappa shape index (κ1) is 22.9. The topological polar surface area (TPSA) is 58.1 Å². The van der Waals surface area contributed by atoms with E-state index in [1.165, 1.54) is 24.1 Å². The maximum Gasteiger partial charge on any atom is 0.191 e. The van der Waals surface area contributed by atoms with Crippen molar-refractivity contribution in [3.05, 3.63) is 59.7 Å². The van der Waals surface area contributed by atoms with Crippen LogP contribution >= 0.6 is 0 Å². The summed E-state index contributed by atoms with van der Waals surface area (Å²) in [5, 5.41) is 6.88. The van der Waals surface area contributed by atoms with Crippen LogP contribution in [0.25, 0.3) is 0 Å². The molecule has 1 saturated heterocycles. The number of hydrogen-bond donors (Lipinski definition) is 2. The quantitative estimate of drug-likeness (QED) is 0.341. The van der Waals surface area contributed by atoms with Gasteiger partial charge in [0.05, 0.1) is 19.8 Å². The Morgan fingerprint density at radius 3 is 2.61 bits per heavy atom. The monoisotopic (exact) mass is 424 g/mol. The van der Waals surface area contributed by atoms with E-state index >= 15 is 0 Å². The summed E-state index contributed by atoms with van der Waals surface area (Å²) in [5.74, 6) is 1.68. The maximum atomic E-state index is 5.78. The van der Waals surface area contributed by atoms with Gasteiger partial charge in [0.15, 0.2) is 5.96 Å². The largest absolute Gasteiger partial charge is 0.497 e. The third-order valence-corrected chi connectivity index (χ3v) is 5.60. The molecule has 1 unspecified atom stereocenters. The van der Waals surface area contributed by atoms with E-state index in [9.17, 15) is 0 Å². The Balaban J connectivity index is 1.36. The Kier molecular flexibility index (Phi) is 9.03. The molecule has 1 aliphatic rings. The van der Waals surface area contributed by atoms with Gasteiger partial charge in [-0.1, -0.05) is 24.3 Å². The van der Waals surface area contributed by atoms with Crippen LogP contribution in [-0.4, -0.2) is 46.4 Å². The molecule has 1 heterocycles. The molecule has 1 fully saturated rings. The Morgan fingerprint density at radius 1 is 1.13 bits per heavy atom. The second-order valence-corrected chi connectivity index (χ2v) is 7.91. The van der Waals surface area contributed by atoms with Crippen molar-refractivity contribution in [2.45, 2.75) is 38.8 Å². The highest BCUT2D eigenvalue weighted by molar-refractivity contribution is 5.80. The lowest BCUT2D eigenvalue weighted by Crippen LogP contribution is -2.39. The van der Waals surface area contributed by atoms with E-state index in [1.54, 1.807) is 7.11 Å². The lowest BCUT2D eigenvalue weighted by molar-refractivity contribution is 0.119. The van der Waals surface area contributed by atoms with Crippen LogP contribution in [0.3, 0.4) is 0 Å². The van der Waals surface area contributed by atoms with E-state index in [0.717, 1.165) is 43.3 Å². The van der Waals surface area contributed by atoms with Gasteiger partial charge in [-0.25, -0.2) is 0 Å². The van der Waals surface area contributed by atoms with Gasteiger partial charge in [0.2, 0.25) is 0 Å². The molecular weight excluding hydrogens is 388 g/mol. The SMILES string of the molecule is CN=C(NCCCOCc1ccc(OC)cc1)NC(C)c1cccc(N2CCCC2)c1. The summed E-state index contributed by atoms with van der Waals surface area (Å²) in [6.07, 6.45) is 3.49. The predicted molar refractivity (Wildman–Crippen MR) is 128 cm³/mol. The van der Waals surface area contributed by atoms with Gasteiger partial charge in [-0.15, -0.1) is 0 Å². The smallest absolute Gasteiger partial charge is 0.191 e. The number of rotatable bonds is 10. The van der Waals surface area contributed by atoms with Crippen molar-refractivity contribution in [3.63, 3.8) is 0 Å². The van der Waals surface area contributed by atoms with Gasteiger partial charge >= 0.3 is 0 Å². The minimum atomic E-state index is 0.181. The summed E-state index contributed by atoms with van der Waals surface area (Å²) >= 11 is 0. The molecule has 0 aliphatic carbocycles. The van der Waals surface area contributed by atoms with E-state index in [2.05, 4.69) is 51.7 Å². The van der Waals surface area contributed by atoms with Crippen molar-refractivity contribution in [1.29, 1.82) is 0 Å². The molecule has 2 N–H and O–H groups in total. The van der Waals surface area contributed by atoms with E-state index < -0.39 is 0 Å². The van der Waals surface area contributed by atoms with Crippen LogP contribution < -0.4 is 20.3 Å². The van der Waals surface area contributed by atoms with Crippen molar-refractivity contribution < 1.29 is 9.47 Å². The number of nitrogens with zero attached hydrogens (tertiary/aromatic N) is 2. The zero-order valence-corrected chi connectivity index (χ0v) is 19.1. The van der Waals surface area contributed by atoms with E-state index in [-0.39, 0.29) is 6.04 Å². The molecule has 0 amide bonds. The van der Waals surface area contributed by atoms with E-state index in [0.29, 0.717) is 13.2 Å². The second kappa shape index (κ2) is 12.2. The molecule has 2 aromatic rings. The average molecular weight is 425 g/mol. The first-order chi connectivity index (χ1) is 15.2. The minimum absolute atomic E-state index is 0.181. The van der Waals surface area contributed by atoms with Crippen LogP contribution in [0.1, 0.15) is 43.4 Å². The number of aliphatic imine (C=N–C) groups is 1. The van der Waals surface area contributed by atoms with Gasteiger partial charge < -0.3 is 25.0 Å². The highest BCUT2D eigenvalue weighted by atomic mass is 16.5. The molecule has 0 bridgehead atoms. The molecule has 0 spiro atoms. The molecular formula is C25H36N4O2. The standard InChI is InChI=1S/C25H36N4O2/c1-20(22-8-6-9-23(18-22)29-15-4-5-16-29)28-25(26-2)27-14-7-17-31-19-21-10-12-24(30-3)13-11-21/h6,8-13,18,20H,4-5,7,14-17,19H2,1-3H3,(H2,26,27,28). The number of hydrogen-bond acceptors (Lipinski definition) is 4. The highest BCUT2D eigenvalue weighted by Gasteiger charge is 2.14. The number of methoxy groups -OCH3 is 1. The molecule has 0 aromatic heterocycles. The van der Waals surface area contributed by atoms with Gasteiger partial charge in [0.25, 0.3) is 0 Å². The summed E-state index contributed by atoms with van der Waals surface area (Å²) < 4.78 is 11.0. The van der Waals surface area contributed by atoms with Crippen molar-refractivity contribution in [2.24, 2.45) is 4.99 Å². The van der Waals surface area contributed by atoms with Gasteiger partial charge in [-0.2, -0.15) is 0 Å². The lowest BCUT2D eigenvalue weighted by Gasteiger charge is -2.22. The molecule has 168 valence electrons. The van der Waals surface area contributed by atoms with Crippen molar-refractivity contribution >= 4 is 11.6 Å². The molecule has 1 aliphatic heterocycles. The van der Waals surface area contributed by atoms with E-state index in [4.69, 9.17) is 9.47 Å². The number of guanidine groups is 1. The Labute approximate surface area is 186 Å². The summed E-state index contributed by atoms with van der Waals surface area (Å²) in [6.45, 7) is 6.62. The number of nitrogens with one attached hydrogen (secondary N) is 2. The predicted octanol–water partition coefficient (Wildman–Crippen LogP) is 4.13. The Hall–Kier alpha value is -2.73. The van der Waals surface area contributed by atoms with Crippen LogP contribution in [0.5, 0.6) is 5.75 Å². The normalized spacial score (nSPS) is 15.1. The van der Waals surface area contributed by atoms with Crippen molar-refractivity contribution in [2.75, 3.05) is 45.3 Å². The van der Waals surface area contributed by atoms with Gasteiger partial charge in [0, 0.05) is 39.0 Å². The fourth-order valence-electron chi connectivity index (χ4n) is 3.74. The molecule has 1 atom stereocenters. The Morgan fingerprint density at radius 2 is 1.90 bits per heavy atom. The van der Waals surface area contributed by atoms with Crippen LogP contribution in [0.2, 0.25) is 0 Å². The zero-order valence-electron chi connectivity index (χ0n) is 19.1. The highest BCUT2D eigenvalue weighted by Crippen LogP contribution is 2.23. The first-order valence-corrected chi connectivity index (χ1v) is 11.2. The summed E-state index contributed by atoms with van der Waals surface area (Å²) in [5.41, 5.74) is 3.74. The number of benzene rings is 2. The third kappa shape index (κ3) is 7.17. The summed E-state index contributed by atoms with van der Waals surface area (Å²) in [6, 6.07) is 17.0. The minimum Gasteiger partial charge on any atom is -0.497 e. The van der Waals surface area contributed by atoms with Crippen LogP contribution in [0.15, 0.2) is 53.5 Å². The zero-order chi connectivity index (χ0) is 21.9. The van der Waals surface area contributed by atoms with Crippen LogP contribution in [0, 0.1) is 0 Å². The third-order valence-electron chi connectivity index (χ3n) is 5.60.